The summed E-state index contributed by atoms with van der Waals surface area (Å²) in [5.41, 5.74) is 12.8. The molecule has 7 aliphatic rings. The first-order chi connectivity index (χ1) is 25.8. The Hall–Kier alpha value is -4.88. The fourth-order valence-electron chi connectivity index (χ4n) is 11.5. The van der Waals surface area contributed by atoms with E-state index in [1.807, 2.05) is 0 Å². The van der Waals surface area contributed by atoms with Gasteiger partial charge in [0.05, 0.1) is 11.6 Å². The molecule has 0 saturated carbocycles. The minimum atomic E-state index is -0.273. The molecule has 264 valence electrons. The van der Waals surface area contributed by atoms with Gasteiger partial charge in [0.2, 0.25) is 0 Å². The van der Waals surface area contributed by atoms with Crippen molar-refractivity contribution in [3.63, 3.8) is 0 Å². The number of benzene rings is 3. The molecule has 6 unspecified atom stereocenters. The van der Waals surface area contributed by atoms with E-state index in [0.717, 1.165) is 32.1 Å². The average molecular weight is 690 g/mol. The van der Waals surface area contributed by atoms with Crippen molar-refractivity contribution in [3.05, 3.63) is 195 Å². The molecule has 0 aromatic heterocycles. The van der Waals surface area contributed by atoms with Crippen LogP contribution in [0.5, 0.6) is 0 Å². The molecule has 0 amide bonds. The van der Waals surface area contributed by atoms with Gasteiger partial charge >= 0.3 is 0 Å². The third kappa shape index (κ3) is 4.75. The van der Waals surface area contributed by atoms with E-state index in [1.165, 1.54) is 49.5 Å². The van der Waals surface area contributed by atoms with Crippen molar-refractivity contribution in [3.8, 4) is 0 Å². The Labute approximate surface area is 316 Å². The molecule has 0 radical (unpaired) electrons. The Morgan fingerprint density at radius 2 is 1.58 bits per heavy atom. The normalized spacial score (nSPS) is 31.2. The molecule has 10 rings (SSSR count). The molecular formula is C52H51N. The third-order valence-electron chi connectivity index (χ3n) is 14.0. The molecule has 1 heteroatoms. The summed E-state index contributed by atoms with van der Waals surface area (Å²) in [6.07, 6.45) is 37.5. The van der Waals surface area contributed by atoms with E-state index in [9.17, 15) is 0 Å². The van der Waals surface area contributed by atoms with Crippen molar-refractivity contribution in [1.29, 1.82) is 0 Å². The Bertz CT molecular complexity index is 2400. The monoisotopic (exact) mass is 689 g/mol. The van der Waals surface area contributed by atoms with Crippen LogP contribution in [-0.4, -0.2) is 16.5 Å². The second-order valence-corrected chi connectivity index (χ2v) is 17.4. The molecule has 3 aromatic rings. The van der Waals surface area contributed by atoms with Gasteiger partial charge in [0.15, 0.2) is 0 Å². The van der Waals surface area contributed by atoms with Gasteiger partial charge in [-0.1, -0.05) is 166 Å². The number of nitrogens with zero attached hydrogens (tertiary/aromatic N) is 1. The lowest BCUT2D eigenvalue weighted by molar-refractivity contribution is 0.158. The first kappa shape index (κ1) is 32.7. The molecule has 0 bridgehead atoms. The summed E-state index contributed by atoms with van der Waals surface area (Å²) in [5.74, 6) is 1.17. The highest BCUT2D eigenvalue weighted by Gasteiger charge is 2.52. The Kier molecular flexibility index (Phi) is 7.46. The molecule has 3 aromatic carbocycles. The molecule has 53 heavy (non-hydrogen) atoms. The van der Waals surface area contributed by atoms with Crippen molar-refractivity contribution in [2.45, 2.75) is 88.1 Å². The summed E-state index contributed by atoms with van der Waals surface area (Å²) in [5, 5.41) is 2.92. The van der Waals surface area contributed by atoms with Gasteiger partial charge in [-0.2, -0.15) is 0 Å². The highest BCUT2D eigenvalue weighted by molar-refractivity contribution is 5.87. The predicted octanol–water partition coefficient (Wildman–Crippen LogP) is 10.7. The van der Waals surface area contributed by atoms with E-state index in [4.69, 9.17) is 0 Å². The maximum absolute atomic E-state index is 2.83. The summed E-state index contributed by atoms with van der Waals surface area (Å²) in [6.45, 7) is 9.74. The van der Waals surface area contributed by atoms with Gasteiger partial charge in [-0.05, 0) is 106 Å². The number of fused-ring (bicyclic) bond motifs is 4. The minimum Gasteiger partial charge on any atom is -0.356 e. The van der Waals surface area contributed by atoms with Gasteiger partial charge in [0.1, 0.15) is 0 Å². The summed E-state index contributed by atoms with van der Waals surface area (Å²) >= 11 is 0. The first-order valence-corrected chi connectivity index (χ1v) is 20.1. The van der Waals surface area contributed by atoms with E-state index in [0.29, 0.717) is 17.8 Å². The molecule has 0 saturated heterocycles. The topological polar surface area (TPSA) is 3.24 Å². The largest absolute Gasteiger partial charge is 0.356 e. The quantitative estimate of drug-likeness (QED) is 0.258. The van der Waals surface area contributed by atoms with E-state index in [1.54, 1.807) is 11.1 Å². The Morgan fingerprint density at radius 3 is 2.43 bits per heavy atom. The van der Waals surface area contributed by atoms with Gasteiger partial charge in [0.25, 0.3) is 0 Å². The average Bonchev–Trinajstić information content (AvgIpc) is 3.41. The lowest BCUT2D eigenvalue weighted by Gasteiger charge is -2.53. The number of hydrogen-bond donors (Lipinski definition) is 0. The maximum atomic E-state index is 2.83. The van der Waals surface area contributed by atoms with E-state index < -0.39 is 0 Å². The maximum Gasteiger partial charge on any atom is 0.0603 e. The Morgan fingerprint density at radius 1 is 0.755 bits per heavy atom. The predicted molar refractivity (Wildman–Crippen MR) is 222 cm³/mol. The molecule has 0 fully saturated rings. The summed E-state index contributed by atoms with van der Waals surface area (Å²) < 4.78 is 0. The summed E-state index contributed by atoms with van der Waals surface area (Å²) in [7, 11) is 0. The van der Waals surface area contributed by atoms with E-state index >= 15 is 0 Å². The Balaban J connectivity index is 1.17. The van der Waals surface area contributed by atoms with Crippen LogP contribution >= 0.6 is 0 Å². The van der Waals surface area contributed by atoms with Crippen LogP contribution in [0.2, 0.25) is 0 Å². The zero-order chi connectivity index (χ0) is 36.0. The fraction of sp³-hybridized carbons (Fsp3) is 0.308. The van der Waals surface area contributed by atoms with Crippen molar-refractivity contribution in [2.24, 2.45) is 11.8 Å². The number of allylic oxidation sites excluding steroid dienone is 11. The second-order valence-electron chi connectivity index (χ2n) is 17.4. The lowest BCUT2D eigenvalue weighted by atomic mass is 9.51. The van der Waals surface area contributed by atoms with Crippen LogP contribution in [0, 0.1) is 11.8 Å². The van der Waals surface area contributed by atoms with Crippen LogP contribution in [0.3, 0.4) is 0 Å². The summed E-state index contributed by atoms with van der Waals surface area (Å²) in [4.78, 5) is 2.83. The molecule has 0 N–H and O–H groups in total. The number of rotatable bonds is 5. The zero-order valence-electron chi connectivity index (χ0n) is 31.7. The fourth-order valence-corrected chi connectivity index (χ4v) is 11.5. The molecule has 0 aliphatic heterocycles. The van der Waals surface area contributed by atoms with Gasteiger partial charge < -0.3 is 4.90 Å². The van der Waals surface area contributed by atoms with Crippen molar-refractivity contribution in [2.75, 3.05) is 0 Å². The molecule has 1 nitrogen and oxygen atoms in total. The van der Waals surface area contributed by atoms with Crippen LogP contribution in [-0.2, 0) is 10.8 Å². The third-order valence-corrected chi connectivity index (χ3v) is 14.0. The van der Waals surface area contributed by atoms with Gasteiger partial charge in [-0.15, -0.1) is 0 Å². The highest BCUT2D eigenvalue weighted by atomic mass is 15.2. The number of hydrogen-bond acceptors (Lipinski definition) is 1. The van der Waals surface area contributed by atoms with E-state index in [-0.39, 0.29) is 22.4 Å². The van der Waals surface area contributed by atoms with Crippen LogP contribution in [0.15, 0.2) is 163 Å². The lowest BCUT2D eigenvalue weighted by Crippen LogP contribution is -2.54. The minimum absolute atomic E-state index is 0.00255. The molecule has 0 heterocycles. The molecule has 7 aliphatic carbocycles. The van der Waals surface area contributed by atoms with Gasteiger partial charge in [0, 0.05) is 28.4 Å². The standard InChI is InChI=1S/C52H51N/c1-35-27-29-39(30-28-35)53(51(4)32-31-43-41-21-8-10-24-45(41)50(2,3)48(43)34-51)40-20-14-19-38(33-40)52(37-17-6-5-7-18-37)46-25-11-9-22-42(46)44-23-12-15-36-16-13-26-47(52)49(36)44/h5-12,14-19,21-25,27,29-33,35,40,42,46H,13,20,26,28,34H2,1-4H3. The SMILES string of the molecule is CC1C=CC(N(C2C=C(C3(c4ccccc4)C4=c5c(cccc5=CCC4)C4C=CC=CC43)C=CC2)C2(C)C=CC3=C(C2)C(C)(C)c2ccccc23)=CC1. The van der Waals surface area contributed by atoms with Crippen molar-refractivity contribution < 1.29 is 0 Å². The summed E-state index contributed by atoms with van der Waals surface area (Å²) in [6, 6.07) is 27.9. The molecule has 0 spiro atoms. The smallest absolute Gasteiger partial charge is 0.0603 e. The van der Waals surface area contributed by atoms with E-state index in [2.05, 4.69) is 184 Å². The second kappa shape index (κ2) is 12.1. The van der Waals surface area contributed by atoms with Crippen molar-refractivity contribution in [1.82, 2.24) is 4.90 Å². The molecular weight excluding hydrogens is 639 g/mol. The molecule has 6 atom stereocenters. The first-order valence-electron chi connectivity index (χ1n) is 20.1. The zero-order valence-corrected chi connectivity index (χ0v) is 31.7. The van der Waals surface area contributed by atoms with Crippen LogP contribution in [0.25, 0.3) is 17.2 Å². The van der Waals surface area contributed by atoms with Gasteiger partial charge in [-0.3, -0.25) is 0 Å². The van der Waals surface area contributed by atoms with Gasteiger partial charge in [-0.25, -0.2) is 0 Å². The van der Waals surface area contributed by atoms with Crippen LogP contribution < -0.4 is 10.4 Å². The highest BCUT2D eigenvalue weighted by Crippen LogP contribution is 2.58. The van der Waals surface area contributed by atoms with Crippen LogP contribution in [0.1, 0.15) is 88.0 Å². The van der Waals surface area contributed by atoms with Crippen LogP contribution in [0.4, 0.5) is 0 Å². The van der Waals surface area contributed by atoms with Crippen molar-refractivity contribution >= 4 is 17.2 Å².